The van der Waals surface area contributed by atoms with E-state index >= 15 is 0 Å². The van der Waals surface area contributed by atoms with Crippen molar-refractivity contribution in [3.8, 4) is 0 Å². The summed E-state index contributed by atoms with van der Waals surface area (Å²) in [5.41, 5.74) is 0.360. The molecular weight excluding hydrogens is 252 g/mol. The van der Waals surface area contributed by atoms with Gasteiger partial charge in [0.05, 0.1) is 6.04 Å². The highest BCUT2D eigenvalue weighted by Gasteiger charge is 2.20. The molecule has 1 unspecified atom stereocenters. The molecule has 0 radical (unpaired) electrons. The van der Waals surface area contributed by atoms with Crippen LogP contribution < -0.4 is 5.32 Å². The highest BCUT2D eigenvalue weighted by Crippen LogP contribution is 2.30. The van der Waals surface area contributed by atoms with Gasteiger partial charge in [-0.2, -0.15) is 0 Å². The van der Waals surface area contributed by atoms with E-state index in [1.807, 2.05) is 26.0 Å². The van der Waals surface area contributed by atoms with Crippen molar-refractivity contribution in [1.29, 1.82) is 0 Å². The lowest BCUT2D eigenvalue weighted by atomic mass is 10.0. The Bertz CT molecular complexity index is 536. The van der Waals surface area contributed by atoms with Crippen molar-refractivity contribution in [2.75, 3.05) is 6.54 Å². The molecule has 1 atom stereocenters. The average Bonchev–Trinajstić information content (AvgIpc) is 2.77. The van der Waals surface area contributed by atoms with Crippen LogP contribution >= 0.6 is 11.3 Å². The summed E-state index contributed by atoms with van der Waals surface area (Å²) in [7, 11) is 0. The molecule has 0 aliphatic rings. The number of aryl methyl sites for hydroxylation is 1. The van der Waals surface area contributed by atoms with Crippen molar-refractivity contribution in [3.63, 3.8) is 0 Å². The molecule has 1 nitrogen and oxygen atoms in total. The Morgan fingerprint density at radius 2 is 2.00 bits per heavy atom. The van der Waals surface area contributed by atoms with Gasteiger partial charge in [0.25, 0.3) is 0 Å². The van der Waals surface area contributed by atoms with Gasteiger partial charge in [0.2, 0.25) is 0 Å². The van der Waals surface area contributed by atoms with Crippen molar-refractivity contribution < 1.29 is 8.78 Å². The van der Waals surface area contributed by atoms with E-state index in [4.69, 9.17) is 0 Å². The molecule has 2 aromatic rings. The third-order valence-electron chi connectivity index (χ3n) is 2.75. The lowest BCUT2D eigenvalue weighted by molar-refractivity contribution is 0.484. The normalized spacial score (nSPS) is 12.7. The molecule has 0 aliphatic carbocycles. The van der Waals surface area contributed by atoms with E-state index in [0.29, 0.717) is 12.1 Å². The number of rotatable bonds is 4. The van der Waals surface area contributed by atoms with Crippen LogP contribution in [0.25, 0.3) is 0 Å². The fourth-order valence-electron chi connectivity index (χ4n) is 1.92. The van der Waals surface area contributed by atoms with Crippen LogP contribution in [0.2, 0.25) is 0 Å². The molecule has 0 amide bonds. The molecule has 18 heavy (non-hydrogen) atoms. The third kappa shape index (κ3) is 2.60. The first-order valence-corrected chi connectivity index (χ1v) is 6.68. The Morgan fingerprint density at radius 3 is 2.61 bits per heavy atom. The highest BCUT2D eigenvalue weighted by molar-refractivity contribution is 7.12. The fourth-order valence-corrected chi connectivity index (χ4v) is 2.89. The highest BCUT2D eigenvalue weighted by atomic mass is 32.1. The summed E-state index contributed by atoms with van der Waals surface area (Å²) < 4.78 is 27.2. The van der Waals surface area contributed by atoms with Crippen molar-refractivity contribution in [3.05, 3.63) is 57.3 Å². The number of thiophene rings is 1. The quantitative estimate of drug-likeness (QED) is 0.881. The molecular formula is C14H15F2NS. The maximum absolute atomic E-state index is 13.9. The molecule has 0 fully saturated rings. The van der Waals surface area contributed by atoms with Gasteiger partial charge in [-0.05, 0) is 31.7 Å². The van der Waals surface area contributed by atoms with Crippen LogP contribution in [0.1, 0.15) is 28.3 Å². The molecule has 0 bridgehead atoms. The summed E-state index contributed by atoms with van der Waals surface area (Å²) in [6, 6.07) is 7.96. The summed E-state index contributed by atoms with van der Waals surface area (Å²) in [6.45, 7) is 4.64. The maximum Gasteiger partial charge on any atom is 0.163 e. The van der Waals surface area contributed by atoms with Crippen LogP contribution in [0.15, 0.2) is 30.3 Å². The lowest BCUT2D eigenvalue weighted by Crippen LogP contribution is -2.22. The predicted molar refractivity (Wildman–Crippen MR) is 70.9 cm³/mol. The van der Waals surface area contributed by atoms with Crippen LogP contribution in [0.5, 0.6) is 0 Å². The van der Waals surface area contributed by atoms with E-state index in [1.165, 1.54) is 0 Å². The van der Waals surface area contributed by atoms with Crippen LogP contribution in [0, 0.1) is 18.6 Å². The van der Waals surface area contributed by atoms with Gasteiger partial charge in [-0.25, -0.2) is 8.78 Å². The Labute approximate surface area is 109 Å². The summed E-state index contributed by atoms with van der Waals surface area (Å²) >= 11 is 1.59. The van der Waals surface area contributed by atoms with E-state index < -0.39 is 11.6 Å². The van der Waals surface area contributed by atoms with E-state index in [0.717, 1.165) is 15.8 Å². The number of hydrogen-bond acceptors (Lipinski definition) is 2. The monoisotopic (exact) mass is 267 g/mol. The van der Waals surface area contributed by atoms with Crippen molar-refractivity contribution in [1.82, 2.24) is 5.32 Å². The van der Waals surface area contributed by atoms with E-state index in [2.05, 4.69) is 5.32 Å². The van der Waals surface area contributed by atoms with Gasteiger partial charge in [0.15, 0.2) is 11.6 Å². The molecule has 0 saturated carbocycles. The topological polar surface area (TPSA) is 12.0 Å². The minimum absolute atomic E-state index is 0.288. The van der Waals surface area contributed by atoms with Gasteiger partial charge in [-0.15, -0.1) is 11.3 Å². The van der Waals surface area contributed by atoms with Gasteiger partial charge in [0, 0.05) is 15.3 Å². The molecule has 96 valence electrons. The van der Waals surface area contributed by atoms with Crippen molar-refractivity contribution in [2.24, 2.45) is 0 Å². The Balaban J connectivity index is 2.44. The summed E-state index contributed by atoms with van der Waals surface area (Å²) in [5.74, 6) is -1.57. The molecule has 4 heteroatoms. The zero-order chi connectivity index (χ0) is 13.1. The SMILES string of the molecule is CCNC(c1ccc(C)s1)c1cccc(F)c1F. The number of nitrogens with one attached hydrogen (secondary N) is 1. The van der Waals surface area contributed by atoms with Crippen LogP contribution in [0.4, 0.5) is 8.78 Å². The molecule has 0 aliphatic heterocycles. The van der Waals surface area contributed by atoms with Gasteiger partial charge >= 0.3 is 0 Å². The van der Waals surface area contributed by atoms with E-state index in [1.54, 1.807) is 23.5 Å². The molecule has 1 aromatic heterocycles. The second kappa shape index (κ2) is 5.59. The van der Waals surface area contributed by atoms with Crippen molar-refractivity contribution >= 4 is 11.3 Å². The second-order valence-corrected chi connectivity index (χ2v) is 5.40. The summed E-state index contributed by atoms with van der Waals surface area (Å²) in [5, 5.41) is 3.20. The third-order valence-corrected chi connectivity index (χ3v) is 3.81. The van der Waals surface area contributed by atoms with E-state index in [-0.39, 0.29) is 6.04 Å². The Hall–Kier alpha value is -1.26. The van der Waals surface area contributed by atoms with Gasteiger partial charge in [-0.1, -0.05) is 19.1 Å². The second-order valence-electron chi connectivity index (χ2n) is 4.08. The fraction of sp³-hybridized carbons (Fsp3) is 0.286. The molecule has 1 aromatic carbocycles. The van der Waals surface area contributed by atoms with Crippen molar-refractivity contribution in [2.45, 2.75) is 19.9 Å². The largest absolute Gasteiger partial charge is 0.306 e. The molecule has 2 rings (SSSR count). The minimum Gasteiger partial charge on any atom is -0.306 e. The standard InChI is InChI=1S/C14H15F2NS/c1-3-17-14(12-8-7-9(2)18-12)10-5-4-6-11(15)13(10)16/h4-8,14,17H,3H2,1-2H3. The maximum atomic E-state index is 13.9. The number of benzene rings is 1. The summed E-state index contributed by atoms with van der Waals surface area (Å²) in [4.78, 5) is 2.16. The Morgan fingerprint density at radius 1 is 1.22 bits per heavy atom. The van der Waals surface area contributed by atoms with Gasteiger partial charge < -0.3 is 5.32 Å². The zero-order valence-corrected chi connectivity index (χ0v) is 11.2. The minimum atomic E-state index is -0.802. The first-order chi connectivity index (χ1) is 8.63. The van der Waals surface area contributed by atoms with E-state index in [9.17, 15) is 8.78 Å². The average molecular weight is 267 g/mol. The molecule has 1 heterocycles. The van der Waals surface area contributed by atoms with Crippen LogP contribution in [-0.4, -0.2) is 6.54 Å². The summed E-state index contributed by atoms with van der Waals surface area (Å²) in [6.07, 6.45) is 0. The zero-order valence-electron chi connectivity index (χ0n) is 10.3. The van der Waals surface area contributed by atoms with Crippen LogP contribution in [-0.2, 0) is 0 Å². The first kappa shape index (κ1) is 13.2. The molecule has 0 spiro atoms. The lowest BCUT2D eigenvalue weighted by Gasteiger charge is -2.17. The molecule has 0 saturated heterocycles. The number of halogens is 2. The number of hydrogen-bond donors (Lipinski definition) is 1. The van der Waals surface area contributed by atoms with Gasteiger partial charge in [0.1, 0.15) is 0 Å². The smallest absolute Gasteiger partial charge is 0.163 e. The Kier molecular flexibility index (Phi) is 4.09. The molecule has 1 N–H and O–H groups in total. The first-order valence-electron chi connectivity index (χ1n) is 5.87. The van der Waals surface area contributed by atoms with Crippen LogP contribution in [0.3, 0.4) is 0 Å². The predicted octanol–water partition coefficient (Wildman–Crippen LogP) is 4.03. The van der Waals surface area contributed by atoms with Gasteiger partial charge in [-0.3, -0.25) is 0 Å².